The smallest absolute Gasteiger partial charge is 0.336 e. The highest BCUT2D eigenvalue weighted by molar-refractivity contribution is 6.02. The van der Waals surface area contributed by atoms with Crippen molar-refractivity contribution < 1.29 is 19.1 Å². The van der Waals surface area contributed by atoms with E-state index in [4.69, 9.17) is 14.3 Å². The number of nitrogens with zero attached hydrogens (tertiary/aromatic N) is 1. The number of furan rings is 1. The van der Waals surface area contributed by atoms with Crippen LogP contribution < -0.4 is 4.74 Å². The van der Waals surface area contributed by atoms with Gasteiger partial charge in [-0.3, -0.25) is 4.98 Å². The Labute approximate surface area is 114 Å². The molecule has 0 saturated carbocycles. The van der Waals surface area contributed by atoms with E-state index in [0.717, 1.165) is 0 Å². The molecule has 3 aromatic rings. The van der Waals surface area contributed by atoms with Gasteiger partial charge in [0.15, 0.2) is 0 Å². The van der Waals surface area contributed by atoms with Crippen LogP contribution in [0.15, 0.2) is 53.2 Å². The molecule has 0 spiro atoms. The fourth-order valence-electron chi connectivity index (χ4n) is 1.96. The molecule has 0 bridgehead atoms. The summed E-state index contributed by atoms with van der Waals surface area (Å²) in [5, 5.41) is 9.69. The van der Waals surface area contributed by atoms with Crippen LogP contribution in [-0.4, -0.2) is 16.1 Å². The van der Waals surface area contributed by atoms with Gasteiger partial charge in [-0.2, -0.15) is 0 Å². The lowest BCUT2D eigenvalue weighted by Crippen LogP contribution is -1.95. The summed E-state index contributed by atoms with van der Waals surface area (Å²) in [7, 11) is 0. The molecule has 0 aliphatic carbocycles. The lowest BCUT2D eigenvalue weighted by atomic mass is 10.1. The summed E-state index contributed by atoms with van der Waals surface area (Å²) in [5.41, 5.74) is 0.758. The molecule has 0 radical (unpaired) electrons. The standard InChI is InChI=1S/C15H11NO4/c17-15(18)12-4-1-5-14-13(12)7-11(20-14)9-19-10-3-2-6-16-8-10/h1-8H,9H2,(H,17,18). The normalized spacial score (nSPS) is 10.6. The van der Waals surface area contributed by atoms with E-state index in [-0.39, 0.29) is 12.2 Å². The van der Waals surface area contributed by atoms with Gasteiger partial charge in [-0.25, -0.2) is 4.79 Å². The van der Waals surface area contributed by atoms with Crippen molar-refractivity contribution in [3.63, 3.8) is 0 Å². The highest BCUT2D eigenvalue weighted by atomic mass is 16.5. The molecule has 1 aromatic carbocycles. The Morgan fingerprint density at radius 1 is 1.30 bits per heavy atom. The summed E-state index contributed by atoms with van der Waals surface area (Å²) in [4.78, 5) is 15.1. The minimum Gasteiger partial charge on any atom is -0.484 e. The summed E-state index contributed by atoms with van der Waals surface area (Å²) in [6.45, 7) is 0.222. The van der Waals surface area contributed by atoms with Crippen LogP contribution in [0.1, 0.15) is 16.1 Å². The SMILES string of the molecule is O=C(O)c1cccc2oc(COc3cccnc3)cc12. The average molecular weight is 269 g/mol. The molecule has 5 heteroatoms. The van der Waals surface area contributed by atoms with Gasteiger partial charge in [-0.05, 0) is 30.3 Å². The number of hydrogen-bond donors (Lipinski definition) is 1. The Bertz CT molecular complexity index is 749. The summed E-state index contributed by atoms with van der Waals surface area (Å²) >= 11 is 0. The van der Waals surface area contributed by atoms with Crippen molar-refractivity contribution in [2.24, 2.45) is 0 Å². The van der Waals surface area contributed by atoms with Gasteiger partial charge in [-0.1, -0.05) is 6.07 Å². The van der Waals surface area contributed by atoms with Crippen molar-refractivity contribution in [1.29, 1.82) is 0 Å². The number of benzene rings is 1. The van der Waals surface area contributed by atoms with Crippen molar-refractivity contribution in [1.82, 2.24) is 4.98 Å². The Balaban J connectivity index is 1.86. The lowest BCUT2D eigenvalue weighted by molar-refractivity contribution is 0.0699. The molecule has 3 rings (SSSR count). The van der Waals surface area contributed by atoms with Gasteiger partial charge in [0.2, 0.25) is 0 Å². The first-order valence-electron chi connectivity index (χ1n) is 6.01. The van der Waals surface area contributed by atoms with E-state index in [1.807, 2.05) is 0 Å². The minimum absolute atomic E-state index is 0.221. The van der Waals surface area contributed by atoms with Crippen LogP contribution in [0.4, 0.5) is 0 Å². The fourth-order valence-corrected chi connectivity index (χ4v) is 1.96. The number of fused-ring (bicyclic) bond motifs is 1. The van der Waals surface area contributed by atoms with Gasteiger partial charge in [-0.15, -0.1) is 0 Å². The maximum atomic E-state index is 11.1. The highest BCUT2D eigenvalue weighted by Crippen LogP contribution is 2.24. The maximum Gasteiger partial charge on any atom is 0.336 e. The number of hydrogen-bond acceptors (Lipinski definition) is 4. The first-order valence-corrected chi connectivity index (χ1v) is 6.01. The maximum absolute atomic E-state index is 11.1. The second-order valence-electron chi connectivity index (χ2n) is 4.21. The first-order chi connectivity index (χ1) is 9.74. The van der Waals surface area contributed by atoms with Crippen molar-refractivity contribution >= 4 is 16.9 Å². The third-order valence-electron chi connectivity index (χ3n) is 2.86. The Kier molecular flexibility index (Phi) is 3.09. The number of aromatic carboxylic acids is 1. The second-order valence-corrected chi connectivity index (χ2v) is 4.21. The minimum atomic E-state index is -0.976. The molecule has 5 nitrogen and oxygen atoms in total. The molecule has 0 saturated heterocycles. The zero-order valence-electron chi connectivity index (χ0n) is 10.4. The topological polar surface area (TPSA) is 72.6 Å². The molecule has 0 unspecified atom stereocenters. The van der Waals surface area contributed by atoms with Crippen molar-refractivity contribution in [2.75, 3.05) is 0 Å². The molecule has 0 fully saturated rings. The summed E-state index contributed by atoms with van der Waals surface area (Å²) < 4.78 is 11.1. The van der Waals surface area contributed by atoms with E-state index >= 15 is 0 Å². The van der Waals surface area contributed by atoms with Gasteiger partial charge < -0.3 is 14.3 Å². The molecule has 2 heterocycles. The summed E-state index contributed by atoms with van der Waals surface area (Å²) in [5.74, 6) is 0.222. The number of ether oxygens (including phenoxy) is 1. The fraction of sp³-hybridized carbons (Fsp3) is 0.0667. The van der Waals surface area contributed by atoms with Crippen LogP contribution in [0.25, 0.3) is 11.0 Å². The monoisotopic (exact) mass is 269 g/mol. The van der Waals surface area contributed by atoms with Crippen LogP contribution in [0, 0.1) is 0 Å². The van der Waals surface area contributed by atoms with Crippen LogP contribution in [0.5, 0.6) is 5.75 Å². The average Bonchev–Trinajstić information content (AvgIpc) is 2.88. The molecule has 0 aliphatic heterocycles. The molecule has 100 valence electrons. The van der Waals surface area contributed by atoms with Gasteiger partial charge in [0, 0.05) is 11.6 Å². The van der Waals surface area contributed by atoms with Crippen LogP contribution >= 0.6 is 0 Å². The number of rotatable bonds is 4. The summed E-state index contributed by atoms with van der Waals surface area (Å²) in [6.07, 6.45) is 3.26. The van der Waals surface area contributed by atoms with Gasteiger partial charge in [0.25, 0.3) is 0 Å². The van der Waals surface area contributed by atoms with E-state index in [0.29, 0.717) is 22.5 Å². The van der Waals surface area contributed by atoms with Crippen molar-refractivity contribution in [3.05, 3.63) is 60.1 Å². The van der Waals surface area contributed by atoms with E-state index < -0.39 is 5.97 Å². The van der Waals surface area contributed by atoms with Crippen molar-refractivity contribution in [3.8, 4) is 5.75 Å². The van der Waals surface area contributed by atoms with Crippen molar-refractivity contribution in [2.45, 2.75) is 6.61 Å². The summed E-state index contributed by atoms with van der Waals surface area (Å²) in [6, 6.07) is 10.2. The zero-order valence-corrected chi connectivity index (χ0v) is 10.4. The Morgan fingerprint density at radius 2 is 2.20 bits per heavy atom. The second kappa shape index (κ2) is 5.05. The number of aromatic nitrogens is 1. The lowest BCUT2D eigenvalue weighted by Gasteiger charge is -2.01. The van der Waals surface area contributed by atoms with Crippen LogP contribution in [0.3, 0.4) is 0 Å². The zero-order chi connectivity index (χ0) is 13.9. The molecular weight excluding hydrogens is 258 g/mol. The third-order valence-corrected chi connectivity index (χ3v) is 2.86. The quantitative estimate of drug-likeness (QED) is 0.787. The van der Waals surface area contributed by atoms with E-state index in [1.165, 1.54) is 0 Å². The molecule has 1 N–H and O–H groups in total. The van der Waals surface area contributed by atoms with Crippen LogP contribution in [-0.2, 0) is 6.61 Å². The molecule has 2 aromatic heterocycles. The Morgan fingerprint density at radius 3 is 2.95 bits per heavy atom. The van der Waals surface area contributed by atoms with Crippen LogP contribution in [0.2, 0.25) is 0 Å². The Hall–Kier alpha value is -2.82. The third kappa shape index (κ3) is 2.33. The molecular formula is C15H11NO4. The van der Waals surface area contributed by atoms with E-state index in [2.05, 4.69) is 4.98 Å². The molecule has 0 amide bonds. The number of carboxylic acid groups (broad SMARTS) is 1. The van der Waals surface area contributed by atoms with Gasteiger partial charge in [0.05, 0.1) is 11.8 Å². The first kappa shape index (κ1) is 12.2. The van der Waals surface area contributed by atoms with Gasteiger partial charge in [0.1, 0.15) is 23.7 Å². The molecule has 0 aliphatic rings. The number of carbonyl (C=O) groups is 1. The number of carboxylic acids is 1. The number of pyridine rings is 1. The predicted molar refractivity (Wildman–Crippen MR) is 71.7 cm³/mol. The van der Waals surface area contributed by atoms with Gasteiger partial charge >= 0.3 is 5.97 Å². The molecule has 20 heavy (non-hydrogen) atoms. The largest absolute Gasteiger partial charge is 0.484 e. The van der Waals surface area contributed by atoms with E-state index in [1.54, 1.807) is 48.8 Å². The predicted octanol–water partition coefficient (Wildman–Crippen LogP) is 3.11. The van der Waals surface area contributed by atoms with E-state index in [9.17, 15) is 4.79 Å². The molecule has 0 atom stereocenters. The highest BCUT2D eigenvalue weighted by Gasteiger charge is 2.12.